The Morgan fingerprint density at radius 1 is 0.966 bits per heavy atom. The third-order valence-corrected chi connectivity index (χ3v) is 5.49. The van der Waals surface area contributed by atoms with Gasteiger partial charge in [0.05, 0.1) is 23.7 Å². The van der Waals surface area contributed by atoms with Crippen LogP contribution >= 0.6 is 0 Å². The molecule has 150 valence electrons. The first-order valence-corrected chi connectivity index (χ1v) is 9.55. The minimum absolute atomic E-state index is 0.384. The number of hydrogen-bond donors (Lipinski definition) is 1. The molecule has 1 aromatic carbocycles. The van der Waals surface area contributed by atoms with Crippen molar-refractivity contribution in [3.05, 3.63) is 71.3 Å². The highest BCUT2D eigenvalue weighted by Crippen LogP contribution is 2.35. The molecule has 0 aliphatic carbocycles. The lowest BCUT2D eigenvalue weighted by molar-refractivity contribution is 0.0113. The third-order valence-electron chi connectivity index (χ3n) is 5.49. The van der Waals surface area contributed by atoms with Crippen LogP contribution in [0, 0.1) is 25.5 Å². The van der Waals surface area contributed by atoms with E-state index in [0.717, 1.165) is 40.6 Å². The molecule has 0 saturated carbocycles. The molecule has 1 fully saturated rings. The maximum Gasteiger partial charge on any atom is 0.159 e. The summed E-state index contributed by atoms with van der Waals surface area (Å²) in [5.41, 5.74) is 2.73. The standard InChI is InChI=1S/C22H22F2N4O/c1-14-3-5-17(15(2)26-14)20-12-25-13-21(27-20)28-9-7-22(29,8-10-28)16-4-6-18(23)19(24)11-16/h3-6,11-13,29H,7-10H2,1-2H3. The van der Waals surface area contributed by atoms with Crippen LogP contribution in [0.25, 0.3) is 11.3 Å². The fourth-order valence-electron chi connectivity index (χ4n) is 3.78. The number of nitrogens with zero attached hydrogens (tertiary/aromatic N) is 4. The smallest absolute Gasteiger partial charge is 0.159 e. The molecule has 1 saturated heterocycles. The summed E-state index contributed by atoms with van der Waals surface area (Å²) in [6.45, 7) is 4.94. The predicted octanol–water partition coefficient (Wildman–Crippen LogP) is 3.92. The van der Waals surface area contributed by atoms with Crippen molar-refractivity contribution in [2.75, 3.05) is 18.0 Å². The van der Waals surface area contributed by atoms with Gasteiger partial charge in [-0.25, -0.2) is 13.8 Å². The minimum Gasteiger partial charge on any atom is -0.385 e. The molecule has 0 atom stereocenters. The van der Waals surface area contributed by atoms with Crippen LogP contribution in [0.5, 0.6) is 0 Å². The van der Waals surface area contributed by atoms with Gasteiger partial charge in [0.1, 0.15) is 5.82 Å². The molecule has 7 heteroatoms. The average molecular weight is 396 g/mol. The first-order chi connectivity index (χ1) is 13.9. The highest BCUT2D eigenvalue weighted by atomic mass is 19.2. The Kier molecular flexibility index (Phi) is 5.00. The van der Waals surface area contributed by atoms with Crippen LogP contribution in [0.4, 0.5) is 14.6 Å². The molecule has 5 nitrogen and oxygen atoms in total. The van der Waals surface area contributed by atoms with E-state index in [9.17, 15) is 13.9 Å². The third kappa shape index (κ3) is 3.82. The van der Waals surface area contributed by atoms with Gasteiger partial charge in [0.25, 0.3) is 0 Å². The van der Waals surface area contributed by atoms with Crippen LogP contribution in [0.15, 0.2) is 42.7 Å². The normalized spacial score (nSPS) is 16.1. The van der Waals surface area contributed by atoms with E-state index >= 15 is 0 Å². The molecule has 3 heterocycles. The van der Waals surface area contributed by atoms with E-state index in [2.05, 4.69) is 9.97 Å². The Labute approximate surface area is 168 Å². The number of aliphatic hydroxyl groups is 1. The maximum absolute atomic E-state index is 13.6. The van der Waals surface area contributed by atoms with Crippen molar-refractivity contribution in [1.29, 1.82) is 0 Å². The lowest BCUT2D eigenvalue weighted by Gasteiger charge is -2.39. The van der Waals surface area contributed by atoms with E-state index in [-0.39, 0.29) is 0 Å². The largest absolute Gasteiger partial charge is 0.385 e. The molecule has 1 aliphatic rings. The minimum atomic E-state index is -1.19. The van der Waals surface area contributed by atoms with Crippen LogP contribution in [0.3, 0.4) is 0 Å². The fourth-order valence-corrected chi connectivity index (χ4v) is 3.78. The molecule has 1 aliphatic heterocycles. The van der Waals surface area contributed by atoms with Crippen LogP contribution < -0.4 is 4.90 Å². The van der Waals surface area contributed by atoms with E-state index in [1.807, 2.05) is 30.9 Å². The van der Waals surface area contributed by atoms with E-state index in [1.54, 1.807) is 12.4 Å². The number of benzene rings is 1. The molecular weight excluding hydrogens is 374 g/mol. The highest BCUT2D eigenvalue weighted by molar-refractivity contribution is 5.62. The Balaban J connectivity index is 1.53. The molecule has 0 bridgehead atoms. The van der Waals surface area contributed by atoms with Crippen molar-refractivity contribution in [2.45, 2.75) is 32.3 Å². The molecular formula is C22H22F2N4O. The first kappa shape index (κ1) is 19.4. The molecule has 1 N–H and O–H groups in total. The predicted molar refractivity (Wildman–Crippen MR) is 106 cm³/mol. The van der Waals surface area contributed by atoms with Crippen LogP contribution in [0.2, 0.25) is 0 Å². The molecule has 4 rings (SSSR count). The van der Waals surface area contributed by atoms with Crippen LogP contribution in [-0.4, -0.2) is 33.1 Å². The number of rotatable bonds is 3. The summed E-state index contributed by atoms with van der Waals surface area (Å²) < 4.78 is 26.8. The van der Waals surface area contributed by atoms with Gasteiger partial charge in [-0.15, -0.1) is 0 Å². The topological polar surface area (TPSA) is 62.1 Å². The summed E-state index contributed by atoms with van der Waals surface area (Å²) in [5.74, 6) is -1.14. The summed E-state index contributed by atoms with van der Waals surface area (Å²) in [5, 5.41) is 11.0. The van der Waals surface area contributed by atoms with Gasteiger partial charge in [0, 0.05) is 30.0 Å². The first-order valence-electron chi connectivity index (χ1n) is 9.55. The van der Waals surface area contributed by atoms with Crippen molar-refractivity contribution < 1.29 is 13.9 Å². The van der Waals surface area contributed by atoms with Crippen molar-refractivity contribution in [2.24, 2.45) is 0 Å². The zero-order valence-electron chi connectivity index (χ0n) is 16.4. The average Bonchev–Trinajstić information content (AvgIpc) is 2.70. The van der Waals surface area contributed by atoms with Gasteiger partial charge in [-0.1, -0.05) is 6.07 Å². The van der Waals surface area contributed by atoms with E-state index in [0.29, 0.717) is 31.5 Å². The summed E-state index contributed by atoms with van der Waals surface area (Å²) in [4.78, 5) is 15.6. The number of anilines is 1. The van der Waals surface area contributed by atoms with Gasteiger partial charge in [-0.3, -0.25) is 9.97 Å². The molecule has 0 radical (unpaired) electrons. The van der Waals surface area contributed by atoms with E-state index in [4.69, 9.17) is 4.98 Å². The molecule has 3 aromatic rings. The number of aryl methyl sites for hydroxylation is 2. The summed E-state index contributed by atoms with van der Waals surface area (Å²) in [6.07, 6.45) is 4.18. The van der Waals surface area contributed by atoms with Gasteiger partial charge in [0.15, 0.2) is 11.6 Å². The lowest BCUT2D eigenvalue weighted by Crippen LogP contribution is -2.43. The van der Waals surface area contributed by atoms with Crippen molar-refractivity contribution in [1.82, 2.24) is 15.0 Å². The Hall–Kier alpha value is -2.93. The number of pyridine rings is 1. The van der Waals surface area contributed by atoms with Gasteiger partial charge >= 0.3 is 0 Å². The Bertz CT molecular complexity index is 1050. The van der Waals surface area contributed by atoms with Crippen LogP contribution in [-0.2, 0) is 5.60 Å². The van der Waals surface area contributed by atoms with E-state index in [1.165, 1.54) is 6.07 Å². The number of aromatic nitrogens is 3. The zero-order chi connectivity index (χ0) is 20.6. The summed E-state index contributed by atoms with van der Waals surface area (Å²) in [6, 6.07) is 7.52. The van der Waals surface area contributed by atoms with Crippen LogP contribution in [0.1, 0.15) is 29.8 Å². The number of halogens is 2. The molecule has 0 spiro atoms. The molecule has 0 unspecified atom stereocenters. The van der Waals surface area contributed by atoms with Gasteiger partial charge < -0.3 is 10.0 Å². The van der Waals surface area contributed by atoms with Gasteiger partial charge in [-0.05, 0) is 56.5 Å². The Morgan fingerprint density at radius 3 is 2.41 bits per heavy atom. The second kappa shape index (κ2) is 7.48. The van der Waals surface area contributed by atoms with E-state index < -0.39 is 17.2 Å². The number of piperidine rings is 1. The van der Waals surface area contributed by atoms with Crippen molar-refractivity contribution in [3.8, 4) is 11.3 Å². The summed E-state index contributed by atoms with van der Waals surface area (Å²) >= 11 is 0. The quantitative estimate of drug-likeness (QED) is 0.727. The number of hydrogen-bond acceptors (Lipinski definition) is 5. The van der Waals surface area contributed by atoms with Crippen molar-refractivity contribution >= 4 is 5.82 Å². The molecule has 2 aromatic heterocycles. The highest BCUT2D eigenvalue weighted by Gasteiger charge is 2.35. The second-order valence-electron chi connectivity index (χ2n) is 7.50. The van der Waals surface area contributed by atoms with Gasteiger partial charge in [-0.2, -0.15) is 0 Å². The summed E-state index contributed by atoms with van der Waals surface area (Å²) in [7, 11) is 0. The zero-order valence-corrected chi connectivity index (χ0v) is 16.4. The fraction of sp³-hybridized carbons (Fsp3) is 0.318. The SMILES string of the molecule is Cc1ccc(-c2cncc(N3CCC(O)(c4ccc(F)c(F)c4)CC3)n2)c(C)n1. The molecule has 0 amide bonds. The molecule has 29 heavy (non-hydrogen) atoms. The second-order valence-corrected chi connectivity index (χ2v) is 7.50. The van der Waals surface area contributed by atoms with Crippen molar-refractivity contribution in [3.63, 3.8) is 0 Å². The van der Waals surface area contributed by atoms with Gasteiger partial charge in [0.2, 0.25) is 0 Å². The lowest BCUT2D eigenvalue weighted by atomic mass is 9.84. The Morgan fingerprint density at radius 2 is 1.72 bits per heavy atom. The maximum atomic E-state index is 13.6. The monoisotopic (exact) mass is 396 g/mol.